The Kier molecular flexibility index (Phi) is 27.2. The van der Waals surface area contributed by atoms with Crippen LogP contribution >= 0.6 is 0 Å². The number of carbonyl (C=O) groups excluding carboxylic acids is 1. The molecule has 212 valence electrons. The summed E-state index contributed by atoms with van der Waals surface area (Å²) >= 11 is 0. The molecule has 1 atom stereocenters. The molecule has 0 aliphatic rings. The molecule has 4 heteroatoms. The molecular weight excluding hydrogens is 448 g/mol. The lowest BCUT2D eigenvalue weighted by Gasteiger charge is -2.11. The largest absolute Gasteiger partial charge is 0.481 e. The first-order valence-corrected chi connectivity index (χ1v) is 15.6. The maximum atomic E-state index is 11.7. The van der Waals surface area contributed by atoms with Crippen LogP contribution in [-0.4, -0.2) is 23.7 Å². The van der Waals surface area contributed by atoms with Crippen molar-refractivity contribution >= 4 is 11.9 Å². The summed E-state index contributed by atoms with van der Waals surface area (Å²) in [7, 11) is 0. The van der Waals surface area contributed by atoms with Crippen LogP contribution in [0, 0.1) is 5.92 Å². The number of allylic oxidation sites excluding steroid dienone is 2. The maximum Gasteiger partial charge on any atom is 0.307 e. The predicted octanol–water partition coefficient (Wildman–Crippen LogP) is 10.2. The fourth-order valence-electron chi connectivity index (χ4n) is 4.66. The lowest BCUT2D eigenvalue weighted by molar-refractivity contribution is -0.151. The van der Waals surface area contributed by atoms with Gasteiger partial charge < -0.3 is 9.84 Å². The van der Waals surface area contributed by atoms with Gasteiger partial charge in [-0.05, 0) is 38.5 Å². The first-order chi connectivity index (χ1) is 17.6. The van der Waals surface area contributed by atoms with Crippen molar-refractivity contribution in [2.45, 2.75) is 168 Å². The second-order valence-electron chi connectivity index (χ2n) is 10.7. The maximum absolute atomic E-state index is 11.7. The molecule has 0 aromatic carbocycles. The van der Waals surface area contributed by atoms with Gasteiger partial charge >= 0.3 is 11.9 Å². The van der Waals surface area contributed by atoms with Gasteiger partial charge in [0.1, 0.15) is 0 Å². The van der Waals surface area contributed by atoms with Crippen molar-refractivity contribution in [1.82, 2.24) is 0 Å². The monoisotopic (exact) mass is 508 g/mol. The molecular formula is C32H60O4. The van der Waals surface area contributed by atoms with Gasteiger partial charge in [-0.25, -0.2) is 0 Å². The number of unbranched alkanes of at least 4 members (excludes halogenated alkanes) is 19. The van der Waals surface area contributed by atoms with E-state index in [1.54, 1.807) is 0 Å². The average molecular weight is 509 g/mol. The van der Waals surface area contributed by atoms with E-state index in [0.717, 1.165) is 19.3 Å². The van der Waals surface area contributed by atoms with Gasteiger partial charge in [0.05, 0.1) is 18.9 Å². The van der Waals surface area contributed by atoms with E-state index in [4.69, 9.17) is 4.74 Å². The number of carboxylic acids is 1. The Morgan fingerprint density at radius 1 is 0.611 bits per heavy atom. The molecule has 0 saturated carbocycles. The first kappa shape index (κ1) is 34.7. The normalized spacial score (nSPS) is 12.3. The van der Waals surface area contributed by atoms with E-state index in [-0.39, 0.29) is 12.4 Å². The lowest BCUT2D eigenvalue weighted by atomic mass is 9.97. The summed E-state index contributed by atoms with van der Waals surface area (Å²) < 4.78 is 5.02. The second-order valence-corrected chi connectivity index (χ2v) is 10.7. The number of hydrogen-bond donors (Lipinski definition) is 1. The number of aliphatic carboxylic acids is 1. The molecule has 4 nitrogen and oxygen atoms in total. The van der Waals surface area contributed by atoms with Crippen LogP contribution in [0.4, 0.5) is 0 Å². The summed E-state index contributed by atoms with van der Waals surface area (Å²) in [4.78, 5) is 23.0. The molecule has 0 saturated heterocycles. The van der Waals surface area contributed by atoms with Gasteiger partial charge in [-0.3, -0.25) is 9.59 Å². The van der Waals surface area contributed by atoms with E-state index in [2.05, 4.69) is 19.1 Å². The highest BCUT2D eigenvalue weighted by Crippen LogP contribution is 2.18. The molecule has 1 N–H and O–H groups in total. The van der Waals surface area contributed by atoms with Crippen molar-refractivity contribution < 1.29 is 19.4 Å². The van der Waals surface area contributed by atoms with Crippen LogP contribution in [0.5, 0.6) is 0 Å². The van der Waals surface area contributed by atoms with Crippen molar-refractivity contribution in [2.75, 3.05) is 6.61 Å². The Hall–Kier alpha value is -1.32. The summed E-state index contributed by atoms with van der Waals surface area (Å²) in [5, 5.41) is 9.31. The standard InChI is InChI=1S/C32H60O4/c1-3-5-6-7-8-9-10-11-12-13-14-15-16-17-18-19-20-21-22-23-24-25-26-27-30(32(34)35)29-31(33)36-28-4-2/h12-13,30H,3-11,14-29H2,1-2H3,(H,34,35)/b13-12+. The van der Waals surface area contributed by atoms with E-state index in [0.29, 0.717) is 13.0 Å². The SMILES string of the molecule is CCCCCCCCC/C=C/CCCCCCCCCCCCCCC(CC(=O)OCCC)C(=O)O. The molecule has 0 rings (SSSR count). The zero-order chi connectivity index (χ0) is 26.5. The number of hydrogen-bond acceptors (Lipinski definition) is 3. The van der Waals surface area contributed by atoms with Gasteiger partial charge in [0.2, 0.25) is 0 Å². The molecule has 0 aromatic rings. The summed E-state index contributed by atoms with van der Waals surface area (Å²) in [6, 6.07) is 0. The highest BCUT2D eigenvalue weighted by Gasteiger charge is 2.21. The number of ether oxygens (including phenoxy) is 1. The van der Waals surface area contributed by atoms with Crippen molar-refractivity contribution in [3.63, 3.8) is 0 Å². The van der Waals surface area contributed by atoms with Crippen molar-refractivity contribution in [3.8, 4) is 0 Å². The number of rotatable bonds is 28. The third kappa shape index (κ3) is 25.8. The van der Waals surface area contributed by atoms with Crippen molar-refractivity contribution in [2.24, 2.45) is 5.92 Å². The van der Waals surface area contributed by atoms with E-state index < -0.39 is 11.9 Å². The molecule has 0 heterocycles. The van der Waals surface area contributed by atoms with E-state index in [1.807, 2.05) is 6.92 Å². The van der Waals surface area contributed by atoms with Gasteiger partial charge in [0.25, 0.3) is 0 Å². The fraction of sp³-hybridized carbons (Fsp3) is 0.875. The van der Waals surface area contributed by atoms with Gasteiger partial charge in [-0.2, -0.15) is 0 Å². The number of carboxylic acid groups (broad SMARTS) is 1. The first-order valence-electron chi connectivity index (χ1n) is 15.6. The lowest BCUT2D eigenvalue weighted by Crippen LogP contribution is -2.19. The minimum Gasteiger partial charge on any atom is -0.481 e. The number of esters is 1. The smallest absolute Gasteiger partial charge is 0.307 e. The van der Waals surface area contributed by atoms with Crippen LogP contribution in [0.3, 0.4) is 0 Å². The molecule has 0 spiro atoms. The van der Waals surface area contributed by atoms with Crippen LogP contribution in [0.25, 0.3) is 0 Å². The van der Waals surface area contributed by atoms with Gasteiger partial charge in [0, 0.05) is 0 Å². The van der Waals surface area contributed by atoms with E-state index in [1.165, 1.54) is 122 Å². The number of carbonyl (C=O) groups is 2. The van der Waals surface area contributed by atoms with Crippen LogP contribution in [-0.2, 0) is 14.3 Å². The molecule has 36 heavy (non-hydrogen) atoms. The van der Waals surface area contributed by atoms with Crippen LogP contribution in [0.15, 0.2) is 12.2 Å². The summed E-state index contributed by atoms with van der Waals surface area (Å²) in [6.07, 6.45) is 33.6. The van der Waals surface area contributed by atoms with Gasteiger partial charge in [-0.15, -0.1) is 0 Å². The minimum atomic E-state index is -0.876. The van der Waals surface area contributed by atoms with Crippen molar-refractivity contribution in [1.29, 1.82) is 0 Å². The quantitative estimate of drug-likeness (QED) is 0.0648. The van der Waals surface area contributed by atoms with Crippen LogP contribution < -0.4 is 0 Å². The molecule has 1 unspecified atom stereocenters. The molecule has 0 aliphatic heterocycles. The predicted molar refractivity (Wildman–Crippen MR) is 153 cm³/mol. The summed E-state index contributed by atoms with van der Waals surface area (Å²) in [5.41, 5.74) is 0. The van der Waals surface area contributed by atoms with Gasteiger partial charge in [0.15, 0.2) is 0 Å². The Morgan fingerprint density at radius 2 is 1.03 bits per heavy atom. The Bertz CT molecular complexity index is 514. The summed E-state index contributed by atoms with van der Waals surface area (Å²) in [5.74, 6) is -1.85. The molecule has 0 aliphatic carbocycles. The Labute approximate surface area is 224 Å². The molecule has 0 radical (unpaired) electrons. The van der Waals surface area contributed by atoms with E-state index in [9.17, 15) is 14.7 Å². The van der Waals surface area contributed by atoms with Crippen LogP contribution in [0.1, 0.15) is 168 Å². The van der Waals surface area contributed by atoms with Crippen LogP contribution in [0.2, 0.25) is 0 Å². The molecule has 0 aromatic heterocycles. The Morgan fingerprint density at radius 3 is 1.44 bits per heavy atom. The minimum absolute atomic E-state index is 0.00530. The highest BCUT2D eigenvalue weighted by molar-refractivity contribution is 5.78. The molecule has 0 fully saturated rings. The average Bonchev–Trinajstić information content (AvgIpc) is 2.87. The Balaban J connectivity index is 3.36. The van der Waals surface area contributed by atoms with Gasteiger partial charge in [-0.1, -0.05) is 135 Å². The van der Waals surface area contributed by atoms with E-state index >= 15 is 0 Å². The summed E-state index contributed by atoms with van der Waals surface area (Å²) in [6.45, 7) is 4.59. The zero-order valence-electron chi connectivity index (χ0n) is 24.1. The zero-order valence-corrected chi connectivity index (χ0v) is 24.1. The molecule has 0 amide bonds. The fourth-order valence-corrected chi connectivity index (χ4v) is 4.66. The third-order valence-corrected chi connectivity index (χ3v) is 7.04. The highest BCUT2D eigenvalue weighted by atomic mass is 16.5. The second kappa shape index (κ2) is 28.3. The van der Waals surface area contributed by atoms with Crippen molar-refractivity contribution in [3.05, 3.63) is 12.2 Å². The molecule has 0 bridgehead atoms. The topological polar surface area (TPSA) is 63.6 Å². The third-order valence-electron chi connectivity index (χ3n) is 7.04.